The van der Waals surface area contributed by atoms with Crippen molar-refractivity contribution in [1.29, 1.82) is 0 Å². The predicted octanol–water partition coefficient (Wildman–Crippen LogP) is 3.45. The van der Waals surface area contributed by atoms with Crippen molar-refractivity contribution in [3.63, 3.8) is 0 Å². The molecular weight excluding hydrogens is 375 g/mol. The van der Waals surface area contributed by atoms with Gasteiger partial charge in [-0.1, -0.05) is 30.3 Å². The topological polar surface area (TPSA) is 41.1 Å². The lowest BCUT2D eigenvalue weighted by Gasteiger charge is -2.07. The van der Waals surface area contributed by atoms with Gasteiger partial charge in [0.15, 0.2) is 0 Å². The summed E-state index contributed by atoms with van der Waals surface area (Å²) in [6, 6.07) is 18.1. The van der Waals surface area contributed by atoms with Crippen LogP contribution in [0.4, 0.5) is 5.69 Å². The molecule has 2 aromatic carbocycles. The molecular formula is C17H19IN2O. The maximum absolute atomic E-state index is 11.7. The molecule has 3 nitrogen and oxygen atoms in total. The van der Waals surface area contributed by atoms with E-state index in [9.17, 15) is 4.79 Å². The van der Waals surface area contributed by atoms with Crippen molar-refractivity contribution in [3.8, 4) is 0 Å². The van der Waals surface area contributed by atoms with E-state index < -0.39 is 0 Å². The number of para-hydroxylation sites is 1. The predicted molar refractivity (Wildman–Crippen MR) is 95.4 cm³/mol. The van der Waals surface area contributed by atoms with Gasteiger partial charge in [0.05, 0.1) is 6.54 Å². The zero-order valence-electron chi connectivity index (χ0n) is 11.8. The number of hydrogen-bond acceptors (Lipinski definition) is 2. The quantitative estimate of drug-likeness (QED) is 0.558. The molecule has 1 amide bonds. The molecule has 0 aliphatic rings. The van der Waals surface area contributed by atoms with E-state index in [0.717, 1.165) is 25.1 Å². The molecule has 4 heteroatoms. The highest BCUT2D eigenvalue weighted by Crippen LogP contribution is 2.08. The Morgan fingerprint density at radius 2 is 1.71 bits per heavy atom. The number of benzene rings is 2. The highest BCUT2D eigenvalue weighted by atomic mass is 127. The maximum atomic E-state index is 11.7. The number of carbonyl (C=O) groups is 1. The second-order valence-electron chi connectivity index (χ2n) is 4.82. The van der Waals surface area contributed by atoms with Gasteiger partial charge in [0.2, 0.25) is 5.91 Å². The third-order valence-electron chi connectivity index (χ3n) is 3.08. The Balaban J connectivity index is 1.59. The summed E-state index contributed by atoms with van der Waals surface area (Å²) in [6.07, 6.45) is 2.06. The zero-order chi connectivity index (χ0) is 14.9. The molecule has 21 heavy (non-hydrogen) atoms. The number of halogens is 1. The van der Waals surface area contributed by atoms with Crippen molar-refractivity contribution >= 4 is 34.2 Å². The van der Waals surface area contributed by atoms with Crippen LogP contribution in [0.3, 0.4) is 0 Å². The van der Waals surface area contributed by atoms with Crippen LogP contribution in [-0.4, -0.2) is 19.0 Å². The Labute approximate surface area is 139 Å². The van der Waals surface area contributed by atoms with E-state index in [1.54, 1.807) is 0 Å². The fraction of sp³-hybridized carbons (Fsp3) is 0.235. The van der Waals surface area contributed by atoms with Gasteiger partial charge in [-0.3, -0.25) is 4.79 Å². The van der Waals surface area contributed by atoms with E-state index >= 15 is 0 Å². The van der Waals surface area contributed by atoms with Gasteiger partial charge < -0.3 is 10.6 Å². The first-order valence-electron chi connectivity index (χ1n) is 7.04. The first-order chi connectivity index (χ1) is 10.2. The lowest BCUT2D eigenvalue weighted by atomic mass is 10.1. The summed E-state index contributed by atoms with van der Waals surface area (Å²) in [5, 5.41) is 6.03. The van der Waals surface area contributed by atoms with E-state index in [1.807, 2.05) is 30.3 Å². The summed E-state index contributed by atoms with van der Waals surface area (Å²) in [7, 11) is 0. The minimum absolute atomic E-state index is 0.00420. The Morgan fingerprint density at radius 1 is 1.00 bits per heavy atom. The van der Waals surface area contributed by atoms with E-state index in [2.05, 4.69) is 57.5 Å². The molecule has 0 aromatic heterocycles. The van der Waals surface area contributed by atoms with Gasteiger partial charge in [-0.05, 0) is 71.8 Å². The van der Waals surface area contributed by atoms with Crippen LogP contribution in [0.15, 0.2) is 54.6 Å². The molecule has 110 valence electrons. The molecule has 0 aliphatic heterocycles. The second-order valence-corrected chi connectivity index (χ2v) is 6.07. The van der Waals surface area contributed by atoms with E-state index in [4.69, 9.17) is 0 Å². The average molecular weight is 394 g/mol. The number of hydrogen-bond donors (Lipinski definition) is 2. The van der Waals surface area contributed by atoms with Crippen LogP contribution < -0.4 is 10.6 Å². The van der Waals surface area contributed by atoms with Crippen molar-refractivity contribution in [1.82, 2.24) is 5.32 Å². The van der Waals surface area contributed by atoms with Crippen LogP contribution in [0, 0.1) is 3.57 Å². The van der Waals surface area contributed by atoms with E-state index in [1.165, 1.54) is 9.13 Å². The SMILES string of the molecule is O=C(CNCCCc1ccc(I)cc1)Nc1ccccc1. The molecule has 0 fully saturated rings. The molecule has 0 unspecified atom stereocenters. The van der Waals surface area contributed by atoms with Gasteiger partial charge in [-0.2, -0.15) is 0 Å². The second kappa shape index (κ2) is 8.79. The average Bonchev–Trinajstić information content (AvgIpc) is 2.50. The Kier molecular flexibility index (Phi) is 6.69. The van der Waals surface area contributed by atoms with Crippen molar-refractivity contribution in [2.75, 3.05) is 18.4 Å². The Morgan fingerprint density at radius 3 is 2.43 bits per heavy atom. The van der Waals surface area contributed by atoms with Crippen molar-refractivity contribution < 1.29 is 4.79 Å². The number of nitrogens with one attached hydrogen (secondary N) is 2. The smallest absolute Gasteiger partial charge is 0.238 e. The van der Waals surface area contributed by atoms with Crippen LogP contribution in [0.25, 0.3) is 0 Å². The Bertz CT molecular complexity index is 555. The normalized spacial score (nSPS) is 10.3. The molecule has 0 saturated heterocycles. The van der Waals surface area contributed by atoms with Crippen LogP contribution in [0.2, 0.25) is 0 Å². The summed E-state index contributed by atoms with van der Waals surface area (Å²) in [5.41, 5.74) is 2.18. The molecule has 0 bridgehead atoms. The van der Waals surface area contributed by atoms with Gasteiger partial charge in [0.25, 0.3) is 0 Å². The first-order valence-corrected chi connectivity index (χ1v) is 8.12. The monoisotopic (exact) mass is 394 g/mol. The summed E-state index contributed by atoms with van der Waals surface area (Å²) in [5.74, 6) is -0.00420. The van der Waals surface area contributed by atoms with Crippen LogP contribution in [0.1, 0.15) is 12.0 Å². The molecule has 0 saturated carbocycles. The third kappa shape index (κ3) is 6.27. The fourth-order valence-corrected chi connectivity index (χ4v) is 2.36. The Hall–Kier alpha value is -1.40. The van der Waals surface area contributed by atoms with Crippen LogP contribution in [0.5, 0.6) is 0 Å². The third-order valence-corrected chi connectivity index (χ3v) is 3.79. The number of anilines is 1. The molecule has 0 aliphatic carbocycles. The molecule has 2 N–H and O–H groups in total. The summed E-state index contributed by atoms with van der Waals surface area (Å²) >= 11 is 2.31. The molecule has 0 radical (unpaired) electrons. The number of rotatable bonds is 7. The van der Waals surface area contributed by atoms with E-state index in [-0.39, 0.29) is 5.91 Å². The largest absolute Gasteiger partial charge is 0.325 e. The van der Waals surface area contributed by atoms with Crippen LogP contribution >= 0.6 is 22.6 Å². The molecule has 0 spiro atoms. The lowest BCUT2D eigenvalue weighted by molar-refractivity contribution is -0.115. The number of amides is 1. The van der Waals surface area contributed by atoms with Gasteiger partial charge in [0, 0.05) is 9.26 Å². The van der Waals surface area contributed by atoms with Gasteiger partial charge in [0.1, 0.15) is 0 Å². The highest BCUT2D eigenvalue weighted by molar-refractivity contribution is 14.1. The van der Waals surface area contributed by atoms with Crippen molar-refractivity contribution in [3.05, 3.63) is 63.7 Å². The zero-order valence-corrected chi connectivity index (χ0v) is 14.0. The molecule has 0 heterocycles. The van der Waals surface area contributed by atoms with Crippen LogP contribution in [-0.2, 0) is 11.2 Å². The van der Waals surface area contributed by atoms with E-state index in [0.29, 0.717) is 6.54 Å². The highest BCUT2D eigenvalue weighted by Gasteiger charge is 2.01. The number of aryl methyl sites for hydroxylation is 1. The molecule has 2 rings (SSSR count). The first kappa shape index (κ1) is 16.0. The van der Waals surface area contributed by atoms with Crippen molar-refractivity contribution in [2.24, 2.45) is 0 Å². The minimum Gasteiger partial charge on any atom is -0.325 e. The summed E-state index contributed by atoms with van der Waals surface area (Å²) in [4.78, 5) is 11.7. The summed E-state index contributed by atoms with van der Waals surface area (Å²) < 4.78 is 1.26. The van der Waals surface area contributed by atoms with Crippen molar-refractivity contribution in [2.45, 2.75) is 12.8 Å². The summed E-state index contributed by atoms with van der Waals surface area (Å²) in [6.45, 7) is 1.19. The maximum Gasteiger partial charge on any atom is 0.238 e. The molecule has 2 aromatic rings. The fourth-order valence-electron chi connectivity index (χ4n) is 2.00. The van der Waals surface area contributed by atoms with Gasteiger partial charge in [-0.25, -0.2) is 0 Å². The minimum atomic E-state index is -0.00420. The number of carbonyl (C=O) groups excluding carboxylic acids is 1. The van der Waals surface area contributed by atoms with Gasteiger partial charge in [-0.15, -0.1) is 0 Å². The lowest BCUT2D eigenvalue weighted by Crippen LogP contribution is -2.28. The molecule has 0 atom stereocenters. The standard InChI is InChI=1S/C17H19IN2O/c18-15-10-8-14(9-11-15)5-4-12-19-13-17(21)20-16-6-2-1-3-7-16/h1-3,6-11,19H,4-5,12-13H2,(H,20,21). The van der Waals surface area contributed by atoms with Gasteiger partial charge >= 0.3 is 0 Å².